The van der Waals surface area contributed by atoms with Crippen LogP contribution in [0.2, 0.25) is 0 Å². The van der Waals surface area contributed by atoms with Gasteiger partial charge in [0.05, 0.1) is 13.2 Å². The normalized spacial score (nSPS) is 14.0. The minimum Gasteiger partial charge on any atom is -0.399 e. The number of likely N-dealkylation sites (N-methyl/N-ethyl adjacent to an activating group) is 1. The highest BCUT2D eigenvalue weighted by Gasteiger charge is 2.28. The summed E-state index contributed by atoms with van der Waals surface area (Å²) in [4.78, 5) is 7.40. The molecule has 1 aliphatic heterocycles. The maximum Gasteiger partial charge on any atom is 0.0555 e. The molecule has 0 radical (unpaired) electrons. The topological polar surface area (TPSA) is 539 Å². The van der Waals surface area contributed by atoms with Gasteiger partial charge in [0.2, 0.25) is 0 Å². The number of benzene rings is 4. The summed E-state index contributed by atoms with van der Waals surface area (Å²) in [6, 6.07) is 34.7. The molecule has 1 atom stereocenters. The van der Waals surface area contributed by atoms with Gasteiger partial charge in [-0.05, 0) is 269 Å². The number of aliphatic hydroxyl groups excluding tert-OH is 2. The molecule has 132 heavy (non-hydrogen) atoms. The Morgan fingerprint density at radius 2 is 0.735 bits per heavy atom. The van der Waals surface area contributed by atoms with E-state index < -0.39 is 0 Å². The fraction of sp³-hybridized carbons (Fsp3) is 0.771. The summed E-state index contributed by atoms with van der Waals surface area (Å²) in [5.74, 6) is 2.18. The molecule has 1 unspecified atom stereocenters. The van der Waals surface area contributed by atoms with Crippen LogP contribution in [0.4, 0.5) is 11.4 Å². The van der Waals surface area contributed by atoms with Gasteiger partial charge in [0.15, 0.2) is 0 Å². The van der Waals surface area contributed by atoms with Gasteiger partial charge in [-0.2, -0.15) is 0 Å². The molecule has 1 aliphatic carbocycles. The summed E-state index contributed by atoms with van der Waals surface area (Å²) in [5, 5.41) is 36.1. The molecular formula is C105H221N25O2. The number of hydrogen-bond donors (Lipinski definition) is 24. The molecule has 0 spiro atoms. The summed E-state index contributed by atoms with van der Waals surface area (Å²) >= 11 is 0. The van der Waals surface area contributed by atoms with Gasteiger partial charge >= 0.3 is 0 Å². The lowest BCUT2D eigenvalue weighted by Gasteiger charge is -2.34. The Hall–Kier alpha value is -4.52. The summed E-state index contributed by atoms with van der Waals surface area (Å²) in [5.41, 5.74) is 96.6. The van der Waals surface area contributed by atoms with Crippen LogP contribution in [0, 0.1) is 23.2 Å². The SMILES string of the molecule is CC(C)(c1ccc(N)cc1)c1cccc(C(C)(C)c2ccc(N)cc2)c1.CC(C)CNCCCCCCNCC(C)C.CC(C)NCCN.CC(CN)CC(C)(C)CCN.CCN(CC)CCNCCN.NC1CCC(N)CC1.NCCCCCCCCCCCCN.NCCCN.NCCCN1CCN(CCCN)CC1.NCc1cccc(CN)c1.OCCNCCNCCO. The highest BCUT2D eigenvalue weighted by molar-refractivity contribution is 5.49. The Balaban J connectivity index is -0.000000460. The van der Waals surface area contributed by atoms with E-state index in [9.17, 15) is 0 Å². The maximum atomic E-state index is 8.35. The zero-order valence-corrected chi connectivity index (χ0v) is 88.0. The summed E-state index contributed by atoms with van der Waals surface area (Å²) < 4.78 is 0. The van der Waals surface area contributed by atoms with Crippen LogP contribution in [-0.2, 0) is 23.9 Å². The second kappa shape index (κ2) is 96.7. The van der Waals surface area contributed by atoms with Crippen molar-refractivity contribution >= 4 is 11.4 Å². The minimum absolute atomic E-state index is 0.0963. The van der Waals surface area contributed by atoms with Crippen molar-refractivity contribution < 1.29 is 10.2 Å². The van der Waals surface area contributed by atoms with E-state index in [4.69, 9.17) is 102 Å². The maximum absolute atomic E-state index is 8.35. The molecule has 1 heterocycles. The van der Waals surface area contributed by atoms with Crippen molar-refractivity contribution in [1.29, 1.82) is 0 Å². The summed E-state index contributed by atoms with van der Waals surface area (Å²) in [7, 11) is 0. The number of nitrogen functional groups attached to an aromatic ring is 2. The molecule has 27 heteroatoms. The average Bonchev–Trinajstić information content (AvgIpc) is 0.777. The molecule has 4 aromatic rings. The van der Waals surface area contributed by atoms with Gasteiger partial charge < -0.3 is 149 Å². The zero-order valence-electron chi connectivity index (χ0n) is 88.0. The summed E-state index contributed by atoms with van der Waals surface area (Å²) in [6.07, 6.45) is 28.8. The molecule has 2 fully saturated rings. The zero-order chi connectivity index (χ0) is 100. The van der Waals surface area contributed by atoms with Gasteiger partial charge in [-0.15, -0.1) is 0 Å². The number of nitrogens with one attached hydrogen (secondary N) is 6. The Labute approximate surface area is 812 Å². The average molecular weight is 1870 g/mol. The molecule has 0 amide bonds. The van der Waals surface area contributed by atoms with E-state index in [1.165, 1.54) is 171 Å². The first-order valence-electron chi connectivity index (χ1n) is 51.7. The van der Waals surface area contributed by atoms with Crippen LogP contribution in [0.15, 0.2) is 97.1 Å². The Kier molecular flexibility index (Phi) is 99.6. The van der Waals surface area contributed by atoms with Crippen molar-refractivity contribution in [2.24, 2.45) is 103 Å². The van der Waals surface area contributed by atoms with Crippen LogP contribution in [0.1, 0.15) is 285 Å². The smallest absolute Gasteiger partial charge is 0.0555 e. The van der Waals surface area contributed by atoms with Crippen molar-refractivity contribution in [2.45, 2.75) is 294 Å². The quantitative estimate of drug-likeness (QED) is 0.0144. The second-order valence-corrected chi connectivity index (χ2v) is 38.3. The second-order valence-electron chi connectivity index (χ2n) is 38.3. The van der Waals surface area contributed by atoms with E-state index in [-0.39, 0.29) is 24.0 Å². The van der Waals surface area contributed by atoms with Gasteiger partial charge in [-0.3, -0.25) is 0 Å². The van der Waals surface area contributed by atoms with Gasteiger partial charge in [0, 0.05) is 145 Å². The fourth-order valence-electron chi connectivity index (χ4n) is 14.3. The first kappa shape index (κ1) is 136. The Bertz CT molecular complexity index is 2780. The molecule has 1 saturated heterocycles. The molecule has 4 aromatic carbocycles. The third-order valence-corrected chi connectivity index (χ3v) is 23.0. The molecule has 40 N–H and O–H groups in total. The van der Waals surface area contributed by atoms with E-state index in [1.54, 1.807) is 0 Å². The van der Waals surface area contributed by atoms with E-state index in [0.717, 1.165) is 217 Å². The molecule has 1 saturated carbocycles. The van der Waals surface area contributed by atoms with Crippen LogP contribution < -0.4 is 124 Å². The predicted molar refractivity (Wildman–Crippen MR) is 582 cm³/mol. The number of aliphatic hydroxyl groups is 2. The van der Waals surface area contributed by atoms with Crippen molar-refractivity contribution in [3.8, 4) is 0 Å². The number of nitrogens with zero attached hydrogens (tertiary/aromatic N) is 3. The minimum atomic E-state index is -0.0963. The van der Waals surface area contributed by atoms with Crippen LogP contribution in [0.3, 0.4) is 0 Å². The number of nitrogens with two attached hydrogens (primary N) is 16. The van der Waals surface area contributed by atoms with Gasteiger partial charge in [0.1, 0.15) is 0 Å². The van der Waals surface area contributed by atoms with E-state index in [1.807, 2.05) is 48.5 Å². The Morgan fingerprint density at radius 3 is 1.04 bits per heavy atom. The van der Waals surface area contributed by atoms with Gasteiger partial charge in [-0.1, -0.05) is 241 Å². The number of piperazine rings is 1. The largest absolute Gasteiger partial charge is 0.399 e. The van der Waals surface area contributed by atoms with Crippen molar-refractivity contribution in [3.05, 3.63) is 130 Å². The van der Waals surface area contributed by atoms with Crippen LogP contribution in [0.25, 0.3) is 0 Å². The molecule has 0 aromatic heterocycles. The van der Waals surface area contributed by atoms with E-state index in [2.05, 4.69) is 199 Å². The standard InChI is InChI=1S/C24H28N2.C14H32N2.C12H28N2.C10H24N4.C9H22N2.C8H21N3.C8H12N2.C6H16N2O2.C6H14N2.C5H14N2.C3H10N2/c1-23(2,17-8-12-21(25)13-9-17)19-6-5-7-20(16-19)24(3,4)18-10-14-22(26)15-11-18;1-13(2)11-15-9-7-5-6-8-10-16-12-14(3)4;13-11-9-7-5-3-1-2-4-6-8-10-12-14;11-3-1-5-13-7-9-14(10-8-13)6-2-4-12;1-8(7-11)6-9(2,3)4-5-10;1-3-11(4-2)8-7-10-6-5-9;9-5-7-2-1-3-8(4-7)6-10;9-5-3-7-1-2-8-4-6-10;7-5-1-2-6(8)4-3-5;1-5(2)7-4-3-6;4-2-1-3-5/h5-16H,25-26H2,1-4H3;13-16H,5-12H2,1-4H3;1-14H2;1-12H2;8H,4-7,10-11H2,1-3H3;10H,3-9H2,1-2H3;1-4H,5-6,9-10H2;7-10H,1-6H2;5-6H,1-4,7-8H2;5,7H,3-4,6H2,1-2H3;1-5H2. The lowest BCUT2D eigenvalue weighted by Crippen LogP contribution is -2.47. The first-order chi connectivity index (χ1) is 63.2. The molecule has 778 valence electrons. The van der Waals surface area contributed by atoms with Crippen molar-refractivity contribution in [1.82, 2.24) is 46.6 Å². The molecule has 6 rings (SSSR count). The highest BCUT2D eigenvalue weighted by Crippen LogP contribution is 2.37. The molecule has 0 bridgehead atoms. The Morgan fingerprint density at radius 1 is 0.379 bits per heavy atom. The van der Waals surface area contributed by atoms with Crippen LogP contribution >= 0.6 is 0 Å². The van der Waals surface area contributed by atoms with Gasteiger partial charge in [-0.25, -0.2) is 0 Å². The third kappa shape index (κ3) is 87.0. The predicted octanol–water partition coefficient (Wildman–Crippen LogP) is 10.1. The third-order valence-electron chi connectivity index (χ3n) is 23.0. The lowest BCUT2D eigenvalue weighted by atomic mass is 9.73. The molecule has 2 aliphatic rings. The lowest BCUT2D eigenvalue weighted by molar-refractivity contribution is 0.131. The van der Waals surface area contributed by atoms with Crippen LogP contribution in [-0.4, -0.2) is 253 Å². The first-order valence-corrected chi connectivity index (χ1v) is 51.7. The van der Waals surface area contributed by atoms with Crippen molar-refractivity contribution in [2.75, 3.05) is 221 Å². The van der Waals surface area contributed by atoms with Gasteiger partial charge in [0.25, 0.3) is 0 Å². The van der Waals surface area contributed by atoms with E-state index in [0.29, 0.717) is 55.6 Å². The van der Waals surface area contributed by atoms with Crippen LogP contribution in [0.5, 0.6) is 0 Å². The summed E-state index contributed by atoms with van der Waals surface area (Å²) in [6.45, 7) is 63.8. The number of anilines is 2. The molecular weight excluding hydrogens is 1640 g/mol. The number of unbranched alkanes of at least 4 members (excludes halogenated alkanes) is 12. The number of hydrogen-bond acceptors (Lipinski definition) is 27. The molecule has 27 nitrogen and oxygen atoms in total. The van der Waals surface area contributed by atoms with E-state index >= 15 is 0 Å². The highest BCUT2D eigenvalue weighted by atomic mass is 16.3. The van der Waals surface area contributed by atoms with Crippen molar-refractivity contribution in [3.63, 3.8) is 0 Å². The number of rotatable bonds is 58. The monoisotopic (exact) mass is 1860 g/mol. The fourth-order valence-corrected chi connectivity index (χ4v) is 14.3.